The maximum absolute atomic E-state index is 12.1. The van der Waals surface area contributed by atoms with E-state index in [1.807, 2.05) is 30.3 Å². The molecule has 1 aromatic carbocycles. The molecule has 1 fully saturated rings. The molecule has 2 rings (SSSR count). The summed E-state index contributed by atoms with van der Waals surface area (Å²) in [4.78, 5) is 12.1. The third-order valence-electron chi connectivity index (χ3n) is 5.76. The van der Waals surface area contributed by atoms with Gasteiger partial charge in [-0.2, -0.15) is 0 Å². The van der Waals surface area contributed by atoms with E-state index in [9.17, 15) is 4.79 Å². The summed E-state index contributed by atoms with van der Waals surface area (Å²) in [6.07, 6.45) is 5.20. The first kappa shape index (κ1) is 20.2. The van der Waals surface area contributed by atoms with E-state index in [-0.39, 0.29) is 11.0 Å². The quantitative estimate of drug-likeness (QED) is 0.481. The Morgan fingerprint density at radius 3 is 2.24 bits per heavy atom. The predicted molar refractivity (Wildman–Crippen MR) is 105 cm³/mol. The maximum Gasteiger partial charge on any atom is 0.306 e. The molecule has 0 radical (unpaired) electrons. The number of hydrogen-bond donors (Lipinski definition) is 0. The summed E-state index contributed by atoms with van der Waals surface area (Å²) < 4.78 is 11.9. The van der Waals surface area contributed by atoms with Gasteiger partial charge in [0, 0.05) is 12.5 Å². The number of benzene rings is 1. The van der Waals surface area contributed by atoms with Crippen molar-refractivity contribution in [1.82, 2.24) is 0 Å². The summed E-state index contributed by atoms with van der Waals surface area (Å²) >= 11 is 0. The molecule has 0 spiro atoms. The first-order valence-electron chi connectivity index (χ1n) is 9.55. The van der Waals surface area contributed by atoms with Gasteiger partial charge in [-0.05, 0) is 55.3 Å². The number of esters is 1. The lowest BCUT2D eigenvalue weighted by Crippen LogP contribution is -2.44. The third kappa shape index (κ3) is 6.26. The molecule has 0 N–H and O–H groups in total. The van der Waals surface area contributed by atoms with Gasteiger partial charge in [-0.1, -0.05) is 51.1 Å². The van der Waals surface area contributed by atoms with E-state index in [4.69, 9.17) is 9.16 Å². The normalized spacial score (nSPS) is 21.8. The third-order valence-corrected chi connectivity index (χ3v) is 10.3. The Kier molecular flexibility index (Phi) is 6.86. The van der Waals surface area contributed by atoms with Gasteiger partial charge in [0.2, 0.25) is 0 Å². The van der Waals surface area contributed by atoms with Crippen LogP contribution in [0.5, 0.6) is 0 Å². The van der Waals surface area contributed by atoms with Crippen LogP contribution < -0.4 is 0 Å². The molecule has 1 aromatic rings. The molecule has 25 heavy (non-hydrogen) atoms. The zero-order valence-electron chi connectivity index (χ0n) is 16.5. The second-order valence-electron chi connectivity index (χ2n) is 8.87. The molecule has 1 saturated carbocycles. The minimum atomic E-state index is -1.69. The van der Waals surface area contributed by atoms with Crippen LogP contribution in [-0.4, -0.2) is 20.4 Å². The first-order valence-corrected chi connectivity index (χ1v) is 12.5. The smallest absolute Gasteiger partial charge is 0.306 e. The first-order chi connectivity index (χ1) is 11.7. The molecule has 140 valence electrons. The minimum absolute atomic E-state index is 0.0717. The van der Waals surface area contributed by atoms with E-state index in [1.165, 1.54) is 0 Å². The van der Waals surface area contributed by atoms with Crippen molar-refractivity contribution in [2.75, 3.05) is 0 Å². The molecule has 1 aliphatic carbocycles. The van der Waals surface area contributed by atoms with Gasteiger partial charge in [-0.25, -0.2) is 0 Å². The molecule has 0 aliphatic heterocycles. The molecule has 4 heteroatoms. The van der Waals surface area contributed by atoms with Crippen LogP contribution in [0.4, 0.5) is 0 Å². The van der Waals surface area contributed by atoms with Crippen molar-refractivity contribution in [3.63, 3.8) is 0 Å². The molecule has 0 saturated heterocycles. The van der Waals surface area contributed by atoms with Gasteiger partial charge in [-0.15, -0.1) is 0 Å². The highest BCUT2D eigenvalue weighted by molar-refractivity contribution is 6.74. The lowest BCUT2D eigenvalue weighted by Gasteiger charge is -2.41. The van der Waals surface area contributed by atoms with Crippen LogP contribution in [0, 0.1) is 5.92 Å². The largest absolute Gasteiger partial charge is 0.461 e. The second kappa shape index (κ2) is 8.50. The van der Waals surface area contributed by atoms with Crippen LogP contribution in [0.15, 0.2) is 30.3 Å². The molecule has 0 heterocycles. The molecule has 1 aliphatic rings. The van der Waals surface area contributed by atoms with Crippen molar-refractivity contribution in [3.05, 3.63) is 35.9 Å². The molecule has 0 unspecified atom stereocenters. The maximum atomic E-state index is 12.1. The molecular formula is C21H34O3Si. The van der Waals surface area contributed by atoms with Gasteiger partial charge in [-0.3, -0.25) is 4.79 Å². The highest BCUT2D eigenvalue weighted by atomic mass is 28.4. The second-order valence-corrected chi connectivity index (χ2v) is 13.6. The fourth-order valence-electron chi connectivity index (χ4n) is 3.08. The van der Waals surface area contributed by atoms with E-state index in [0.717, 1.165) is 31.2 Å². The summed E-state index contributed by atoms with van der Waals surface area (Å²) in [6, 6.07) is 9.86. The topological polar surface area (TPSA) is 35.5 Å². The van der Waals surface area contributed by atoms with Crippen LogP contribution in [-0.2, 0) is 20.6 Å². The van der Waals surface area contributed by atoms with E-state index in [2.05, 4.69) is 33.9 Å². The van der Waals surface area contributed by atoms with Crippen LogP contribution in [0.2, 0.25) is 18.1 Å². The van der Waals surface area contributed by atoms with Gasteiger partial charge >= 0.3 is 5.97 Å². The van der Waals surface area contributed by atoms with Crippen molar-refractivity contribution in [3.8, 4) is 0 Å². The zero-order valence-corrected chi connectivity index (χ0v) is 17.5. The zero-order chi connectivity index (χ0) is 18.5. The predicted octanol–water partition coefficient (Wildman–Crippen LogP) is 5.70. The summed E-state index contributed by atoms with van der Waals surface area (Å²) in [7, 11) is -1.69. The molecule has 0 atom stereocenters. The van der Waals surface area contributed by atoms with Crippen molar-refractivity contribution in [1.29, 1.82) is 0 Å². The Balaban J connectivity index is 1.70. The Morgan fingerprint density at radius 2 is 1.68 bits per heavy atom. The Labute approximate surface area is 154 Å². The SMILES string of the molecule is CC(C)(C)[Si](C)(C)O[C@H]1CC[C@H](CC(=O)OCc2ccccc2)CC1. The van der Waals surface area contributed by atoms with Crippen LogP contribution in [0.1, 0.15) is 58.4 Å². The molecular weight excluding hydrogens is 328 g/mol. The van der Waals surface area contributed by atoms with Crippen LogP contribution in [0.25, 0.3) is 0 Å². The highest BCUT2D eigenvalue weighted by Crippen LogP contribution is 2.40. The number of rotatable bonds is 6. The number of ether oxygens (including phenoxy) is 1. The van der Waals surface area contributed by atoms with Crippen LogP contribution >= 0.6 is 0 Å². The van der Waals surface area contributed by atoms with Gasteiger partial charge < -0.3 is 9.16 Å². The lowest BCUT2D eigenvalue weighted by atomic mass is 9.85. The molecule has 0 aromatic heterocycles. The number of carbonyl (C=O) groups is 1. The fraction of sp³-hybridized carbons (Fsp3) is 0.667. The van der Waals surface area contributed by atoms with Crippen molar-refractivity contribution >= 4 is 14.3 Å². The number of carbonyl (C=O) groups excluding carboxylic acids is 1. The average molecular weight is 363 g/mol. The van der Waals surface area contributed by atoms with E-state index in [0.29, 0.717) is 25.0 Å². The summed E-state index contributed by atoms with van der Waals surface area (Å²) in [6.45, 7) is 11.9. The van der Waals surface area contributed by atoms with Gasteiger partial charge in [0.15, 0.2) is 8.32 Å². The number of hydrogen-bond acceptors (Lipinski definition) is 3. The molecule has 0 amide bonds. The minimum Gasteiger partial charge on any atom is -0.461 e. The lowest BCUT2D eigenvalue weighted by molar-refractivity contribution is -0.146. The monoisotopic (exact) mass is 362 g/mol. The van der Waals surface area contributed by atoms with Gasteiger partial charge in [0.1, 0.15) is 6.61 Å². The van der Waals surface area contributed by atoms with Crippen LogP contribution in [0.3, 0.4) is 0 Å². The summed E-state index contributed by atoms with van der Waals surface area (Å²) in [5, 5.41) is 0.255. The summed E-state index contributed by atoms with van der Waals surface area (Å²) in [5.74, 6) is 0.375. The van der Waals surface area contributed by atoms with E-state index in [1.54, 1.807) is 0 Å². The fourth-order valence-corrected chi connectivity index (χ4v) is 4.50. The Hall–Kier alpha value is -1.13. The van der Waals surface area contributed by atoms with Crippen molar-refractivity contribution in [2.24, 2.45) is 5.92 Å². The molecule has 3 nitrogen and oxygen atoms in total. The van der Waals surface area contributed by atoms with Gasteiger partial charge in [0.05, 0.1) is 0 Å². The van der Waals surface area contributed by atoms with Crippen molar-refractivity contribution < 1.29 is 14.0 Å². The van der Waals surface area contributed by atoms with Gasteiger partial charge in [0.25, 0.3) is 0 Å². The van der Waals surface area contributed by atoms with E-state index < -0.39 is 8.32 Å². The Bertz CT molecular complexity index is 540. The van der Waals surface area contributed by atoms with Crippen molar-refractivity contribution in [2.45, 2.75) is 83.7 Å². The standard InChI is InChI=1S/C21H34O3Si/c1-21(2,3)25(4,5)24-19-13-11-17(12-14-19)15-20(22)23-16-18-9-7-6-8-10-18/h6-10,17,19H,11-16H2,1-5H3/t17-,19-. The average Bonchev–Trinajstić information content (AvgIpc) is 2.54. The Morgan fingerprint density at radius 1 is 1.08 bits per heavy atom. The van der Waals surface area contributed by atoms with E-state index >= 15 is 0 Å². The molecule has 0 bridgehead atoms. The highest BCUT2D eigenvalue weighted by Gasteiger charge is 2.39. The summed E-state index contributed by atoms with van der Waals surface area (Å²) in [5.41, 5.74) is 1.04.